The van der Waals surface area contributed by atoms with Gasteiger partial charge in [0.2, 0.25) is 5.91 Å². The third kappa shape index (κ3) is 6.66. The third-order valence-electron chi connectivity index (χ3n) is 6.90. The minimum Gasteiger partial charge on any atom is -0.392 e. The molecule has 172 valence electrons. The van der Waals surface area contributed by atoms with Gasteiger partial charge in [-0.05, 0) is 43.9 Å². The van der Waals surface area contributed by atoms with Crippen LogP contribution < -0.4 is 0 Å². The zero-order valence-corrected chi connectivity index (χ0v) is 18.8. The number of aliphatic hydroxyl groups is 2. The molecule has 31 heavy (non-hydrogen) atoms. The molecule has 0 spiro atoms. The van der Waals surface area contributed by atoms with Crippen molar-refractivity contribution < 1.29 is 24.5 Å². The normalized spacial score (nSPS) is 31.5. The Kier molecular flexibility index (Phi) is 9.15. The van der Waals surface area contributed by atoms with Gasteiger partial charge in [-0.25, -0.2) is 0 Å². The second kappa shape index (κ2) is 11.8. The van der Waals surface area contributed by atoms with Gasteiger partial charge in [0.15, 0.2) is 0 Å². The Morgan fingerprint density at radius 1 is 1.35 bits per heavy atom. The van der Waals surface area contributed by atoms with Crippen molar-refractivity contribution in [3.8, 4) is 11.8 Å². The molecule has 2 N–H and O–H groups in total. The van der Waals surface area contributed by atoms with Crippen LogP contribution >= 0.6 is 0 Å². The molecule has 1 heterocycles. The quantitative estimate of drug-likeness (QED) is 0.350. The van der Waals surface area contributed by atoms with Crippen LogP contribution in [0.3, 0.4) is 0 Å². The van der Waals surface area contributed by atoms with Crippen molar-refractivity contribution in [2.75, 3.05) is 39.5 Å². The minimum atomic E-state index is -0.541. The maximum absolute atomic E-state index is 12.1. The minimum absolute atomic E-state index is 0.0241. The number of fused-ring (bicyclic) bond motifs is 1. The molecule has 0 aromatic rings. The van der Waals surface area contributed by atoms with Crippen LogP contribution in [0.25, 0.3) is 0 Å². The van der Waals surface area contributed by atoms with Gasteiger partial charge in [-0.1, -0.05) is 30.7 Å². The van der Waals surface area contributed by atoms with E-state index in [1.54, 1.807) is 4.90 Å². The fourth-order valence-corrected chi connectivity index (χ4v) is 4.98. The van der Waals surface area contributed by atoms with Crippen LogP contribution in [0.15, 0.2) is 23.8 Å². The number of nitrogens with zero attached hydrogens (tertiary/aromatic N) is 1. The summed E-state index contributed by atoms with van der Waals surface area (Å²) in [6.07, 6.45) is 8.51. The number of aliphatic hydroxyl groups excluding tert-OH is 2. The Morgan fingerprint density at radius 2 is 2.13 bits per heavy atom. The molecule has 3 aliphatic rings. The zero-order valence-electron chi connectivity index (χ0n) is 18.8. The summed E-state index contributed by atoms with van der Waals surface area (Å²) in [5, 5.41) is 20.9. The fraction of sp³-hybridized carbons (Fsp3) is 0.720. The fourth-order valence-electron chi connectivity index (χ4n) is 4.98. The van der Waals surface area contributed by atoms with Crippen molar-refractivity contribution >= 4 is 5.91 Å². The number of hydrogen-bond donors (Lipinski definition) is 2. The Hall–Kier alpha value is -1.65. The molecule has 6 atom stereocenters. The van der Waals surface area contributed by atoms with Gasteiger partial charge >= 0.3 is 0 Å². The first-order valence-electron chi connectivity index (χ1n) is 11.5. The maximum atomic E-state index is 12.1. The number of allylic oxidation sites excluding steroid dienone is 1. The smallest absolute Gasteiger partial charge is 0.248 e. The van der Waals surface area contributed by atoms with Crippen molar-refractivity contribution in [1.82, 2.24) is 4.90 Å². The lowest BCUT2D eigenvalue weighted by atomic mass is 9.89. The van der Waals surface area contributed by atoms with Gasteiger partial charge in [0, 0.05) is 25.4 Å². The summed E-state index contributed by atoms with van der Waals surface area (Å²) >= 11 is 0. The molecular weight excluding hydrogens is 394 g/mol. The zero-order chi connectivity index (χ0) is 22.2. The van der Waals surface area contributed by atoms with Gasteiger partial charge in [-0.3, -0.25) is 4.79 Å². The van der Waals surface area contributed by atoms with E-state index in [2.05, 4.69) is 17.9 Å². The summed E-state index contributed by atoms with van der Waals surface area (Å²) in [6, 6.07) is 0. The van der Waals surface area contributed by atoms with Gasteiger partial charge < -0.3 is 24.6 Å². The molecule has 0 radical (unpaired) electrons. The topological polar surface area (TPSA) is 79.2 Å². The molecule has 2 aliphatic carbocycles. The summed E-state index contributed by atoms with van der Waals surface area (Å²) in [5.41, 5.74) is 1.35. The second-order valence-electron chi connectivity index (χ2n) is 9.07. The molecule has 1 saturated heterocycles. The van der Waals surface area contributed by atoms with Crippen LogP contribution in [0.5, 0.6) is 0 Å². The predicted molar refractivity (Wildman–Crippen MR) is 119 cm³/mol. The average molecular weight is 432 g/mol. The standard InChI is InChI=1S/C25H37NO5/c1-3-4-5-18(2)23(27)7-6-21-22-15-19(14-20(22)16-24(21)28)8-11-31-17-25(29)26-9-12-30-13-10-26/h6-8,18,20-24,27-28H,5,9-17H2,1-2H3/b7-6+,19-8+/t18-,20+,21-,22+,23-,24-/m1/s1. The Balaban J connectivity index is 1.45. The third-order valence-corrected chi connectivity index (χ3v) is 6.90. The highest BCUT2D eigenvalue weighted by molar-refractivity contribution is 5.77. The van der Waals surface area contributed by atoms with E-state index >= 15 is 0 Å². The lowest BCUT2D eigenvalue weighted by Gasteiger charge is -2.26. The van der Waals surface area contributed by atoms with Crippen LogP contribution in [0.1, 0.15) is 39.5 Å². The van der Waals surface area contributed by atoms with E-state index in [0.29, 0.717) is 51.2 Å². The first kappa shape index (κ1) is 24.0. The monoisotopic (exact) mass is 431 g/mol. The van der Waals surface area contributed by atoms with Gasteiger partial charge in [0.1, 0.15) is 6.61 Å². The summed E-state index contributed by atoms with van der Waals surface area (Å²) in [7, 11) is 0. The Bertz CT molecular complexity index is 715. The Labute approximate surface area is 186 Å². The molecule has 0 aromatic heterocycles. The molecule has 0 bridgehead atoms. The molecular formula is C25H37NO5. The van der Waals surface area contributed by atoms with E-state index in [-0.39, 0.29) is 30.5 Å². The summed E-state index contributed by atoms with van der Waals surface area (Å²) in [6.45, 7) is 6.84. The average Bonchev–Trinajstić information content (AvgIpc) is 3.30. The van der Waals surface area contributed by atoms with Crippen LogP contribution in [-0.2, 0) is 14.3 Å². The van der Waals surface area contributed by atoms with Crippen molar-refractivity contribution in [2.45, 2.75) is 51.7 Å². The van der Waals surface area contributed by atoms with Crippen molar-refractivity contribution in [3.05, 3.63) is 23.8 Å². The van der Waals surface area contributed by atoms with E-state index in [4.69, 9.17) is 9.47 Å². The van der Waals surface area contributed by atoms with Crippen LogP contribution in [0.2, 0.25) is 0 Å². The van der Waals surface area contributed by atoms with Crippen molar-refractivity contribution in [2.24, 2.45) is 23.7 Å². The first-order chi connectivity index (χ1) is 15.0. The summed E-state index contributed by atoms with van der Waals surface area (Å²) < 4.78 is 10.9. The first-order valence-corrected chi connectivity index (χ1v) is 11.5. The van der Waals surface area contributed by atoms with Gasteiger partial charge in [0.05, 0.1) is 32.0 Å². The molecule has 3 fully saturated rings. The molecule has 6 heteroatoms. The number of amides is 1. The van der Waals surface area contributed by atoms with E-state index in [0.717, 1.165) is 19.3 Å². The van der Waals surface area contributed by atoms with Gasteiger partial charge in [-0.15, -0.1) is 11.8 Å². The number of hydrogen-bond acceptors (Lipinski definition) is 5. The second-order valence-corrected chi connectivity index (χ2v) is 9.07. The lowest BCUT2D eigenvalue weighted by molar-refractivity contribution is -0.139. The predicted octanol–water partition coefficient (Wildman–Crippen LogP) is 2.16. The van der Waals surface area contributed by atoms with Crippen LogP contribution in [0, 0.1) is 35.5 Å². The van der Waals surface area contributed by atoms with E-state index in [1.807, 2.05) is 26.0 Å². The highest BCUT2D eigenvalue weighted by atomic mass is 16.5. The maximum Gasteiger partial charge on any atom is 0.248 e. The van der Waals surface area contributed by atoms with Crippen LogP contribution in [-0.4, -0.2) is 72.7 Å². The summed E-state index contributed by atoms with van der Waals surface area (Å²) in [4.78, 5) is 13.9. The molecule has 0 aromatic carbocycles. The largest absolute Gasteiger partial charge is 0.392 e. The van der Waals surface area contributed by atoms with Crippen molar-refractivity contribution in [3.63, 3.8) is 0 Å². The number of ether oxygens (including phenoxy) is 2. The Morgan fingerprint density at radius 3 is 2.87 bits per heavy atom. The number of morpholine rings is 1. The van der Waals surface area contributed by atoms with Crippen LogP contribution in [0.4, 0.5) is 0 Å². The molecule has 0 unspecified atom stereocenters. The highest BCUT2D eigenvalue weighted by Gasteiger charge is 2.45. The van der Waals surface area contributed by atoms with Gasteiger partial charge in [-0.2, -0.15) is 0 Å². The lowest BCUT2D eigenvalue weighted by Crippen LogP contribution is -2.42. The van der Waals surface area contributed by atoms with E-state index in [9.17, 15) is 15.0 Å². The highest BCUT2D eigenvalue weighted by Crippen LogP contribution is 2.50. The molecule has 1 amide bonds. The number of carbonyl (C=O) groups excluding carboxylic acids is 1. The molecule has 6 nitrogen and oxygen atoms in total. The van der Waals surface area contributed by atoms with Crippen molar-refractivity contribution in [1.29, 1.82) is 0 Å². The van der Waals surface area contributed by atoms with E-state index < -0.39 is 6.10 Å². The SMILES string of the molecule is CC#CC[C@@H](C)[C@H](O)/C=C/[C@@H]1[C@H]2C/C(=C/COCC(=O)N3CCOCC3)C[C@H]2C[C@H]1O. The number of carbonyl (C=O) groups is 1. The van der Waals surface area contributed by atoms with Gasteiger partial charge in [0.25, 0.3) is 0 Å². The number of rotatable bonds is 8. The summed E-state index contributed by atoms with van der Waals surface area (Å²) in [5.74, 6) is 6.96. The molecule has 3 rings (SSSR count). The van der Waals surface area contributed by atoms with E-state index in [1.165, 1.54) is 5.57 Å². The molecule has 1 aliphatic heterocycles. The molecule has 2 saturated carbocycles.